The van der Waals surface area contributed by atoms with Crippen LogP contribution < -0.4 is 5.32 Å². The van der Waals surface area contributed by atoms with E-state index in [1.165, 1.54) is 6.07 Å². The standard InChI is InChI=1S/C10H11N3O3/c14-10(15)9-2-1-8(16-9)6-11-5-7-3-4-12-13-7/h1-4,11H,5-6H2,(H,12,13)(H,14,15). The first-order chi connectivity index (χ1) is 7.75. The number of rotatable bonds is 5. The molecule has 0 aliphatic heterocycles. The number of hydrogen-bond acceptors (Lipinski definition) is 4. The van der Waals surface area contributed by atoms with Crippen LogP contribution in [-0.2, 0) is 13.1 Å². The smallest absolute Gasteiger partial charge is 0.371 e. The fourth-order valence-electron chi connectivity index (χ4n) is 1.29. The van der Waals surface area contributed by atoms with Gasteiger partial charge >= 0.3 is 5.97 Å². The van der Waals surface area contributed by atoms with E-state index >= 15 is 0 Å². The number of nitrogens with one attached hydrogen (secondary N) is 2. The zero-order valence-corrected chi connectivity index (χ0v) is 8.43. The maximum atomic E-state index is 10.5. The molecule has 2 aromatic heterocycles. The van der Waals surface area contributed by atoms with E-state index < -0.39 is 5.97 Å². The summed E-state index contributed by atoms with van der Waals surface area (Å²) >= 11 is 0. The molecule has 0 aromatic carbocycles. The summed E-state index contributed by atoms with van der Waals surface area (Å²) in [6.45, 7) is 1.11. The van der Waals surface area contributed by atoms with Crippen molar-refractivity contribution >= 4 is 5.97 Å². The molecule has 0 atom stereocenters. The summed E-state index contributed by atoms with van der Waals surface area (Å²) in [6.07, 6.45) is 1.67. The summed E-state index contributed by atoms with van der Waals surface area (Å²) in [4.78, 5) is 10.5. The zero-order valence-electron chi connectivity index (χ0n) is 8.43. The molecule has 0 amide bonds. The SMILES string of the molecule is O=C(O)c1ccc(CNCc2ccn[nH]2)o1. The Morgan fingerprint density at radius 3 is 2.94 bits per heavy atom. The van der Waals surface area contributed by atoms with Gasteiger partial charge in [-0.25, -0.2) is 4.79 Å². The number of furan rings is 1. The lowest BCUT2D eigenvalue weighted by Gasteiger charge is -1.99. The number of aromatic carboxylic acids is 1. The quantitative estimate of drug-likeness (QED) is 0.700. The van der Waals surface area contributed by atoms with Crippen molar-refractivity contribution in [1.29, 1.82) is 0 Å². The van der Waals surface area contributed by atoms with Crippen LogP contribution in [0.25, 0.3) is 0 Å². The molecular weight excluding hydrogens is 210 g/mol. The molecule has 0 unspecified atom stereocenters. The molecule has 0 saturated carbocycles. The van der Waals surface area contributed by atoms with Crippen LogP contribution in [0.5, 0.6) is 0 Å². The first kappa shape index (κ1) is 10.4. The average Bonchev–Trinajstić information content (AvgIpc) is 2.87. The Morgan fingerprint density at radius 1 is 1.44 bits per heavy atom. The number of hydrogen-bond donors (Lipinski definition) is 3. The Balaban J connectivity index is 1.83. The van der Waals surface area contributed by atoms with E-state index in [1.54, 1.807) is 12.3 Å². The molecule has 0 aliphatic rings. The van der Waals surface area contributed by atoms with Crippen molar-refractivity contribution in [2.75, 3.05) is 0 Å². The van der Waals surface area contributed by atoms with Gasteiger partial charge in [-0.05, 0) is 18.2 Å². The van der Waals surface area contributed by atoms with Crippen LogP contribution >= 0.6 is 0 Å². The molecule has 0 bridgehead atoms. The fraction of sp³-hybridized carbons (Fsp3) is 0.200. The highest BCUT2D eigenvalue weighted by Crippen LogP contribution is 2.07. The Labute approximate surface area is 91.3 Å². The minimum atomic E-state index is -1.06. The Bertz CT molecular complexity index is 461. The van der Waals surface area contributed by atoms with E-state index in [1.807, 2.05) is 6.07 Å². The molecule has 2 rings (SSSR count). The predicted molar refractivity (Wildman–Crippen MR) is 54.8 cm³/mol. The van der Waals surface area contributed by atoms with Crippen LogP contribution in [0.4, 0.5) is 0 Å². The molecule has 84 valence electrons. The Hall–Kier alpha value is -2.08. The van der Waals surface area contributed by atoms with Gasteiger partial charge in [0.05, 0.1) is 6.54 Å². The van der Waals surface area contributed by atoms with Crippen LogP contribution in [0.1, 0.15) is 22.0 Å². The van der Waals surface area contributed by atoms with Gasteiger partial charge in [-0.15, -0.1) is 0 Å². The predicted octanol–water partition coefficient (Wildman–Crippen LogP) is 0.991. The number of aromatic amines is 1. The van der Waals surface area contributed by atoms with Crippen LogP contribution in [-0.4, -0.2) is 21.3 Å². The van der Waals surface area contributed by atoms with Gasteiger partial charge in [0.2, 0.25) is 5.76 Å². The lowest BCUT2D eigenvalue weighted by Crippen LogP contribution is -2.12. The van der Waals surface area contributed by atoms with Crippen molar-refractivity contribution in [2.45, 2.75) is 13.1 Å². The summed E-state index contributed by atoms with van der Waals surface area (Å²) in [5.74, 6) is -0.505. The first-order valence-corrected chi connectivity index (χ1v) is 4.76. The van der Waals surface area contributed by atoms with E-state index in [0.717, 1.165) is 5.69 Å². The van der Waals surface area contributed by atoms with Gasteiger partial charge < -0.3 is 14.8 Å². The van der Waals surface area contributed by atoms with E-state index in [4.69, 9.17) is 9.52 Å². The van der Waals surface area contributed by atoms with Gasteiger partial charge in [-0.3, -0.25) is 5.10 Å². The van der Waals surface area contributed by atoms with Crippen LogP contribution in [0.15, 0.2) is 28.8 Å². The van der Waals surface area contributed by atoms with Crippen LogP contribution in [0.3, 0.4) is 0 Å². The Morgan fingerprint density at radius 2 is 2.31 bits per heavy atom. The van der Waals surface area contributed by atoms with Crippen molar-refractivity contribution in [1.82, 2.24) is 15.5 Å². The van der Waals surface area contributed by atoms with E-state index in [2.05, 4.69) is 15.5 Å². The Kier molecular flexibility index (Phi) is 3.02. The maximum absolute atomic E-state index is 10.5. The summed E-state index contributed by atoms with van der Waals surface area (Å²) in [7, 11) is 0. The molecule has 2 aromatic rings. The number of carboxylic acid groups (broad SMARTS) is 1. The number of carboxylic acids is 1. The maximum Gasteiger partial charge on any atom is 0.371 e. The molecule has 2 heterocycles. The third-order valence-electron chi connectivity index (χ3n) is 2.05. The molecule has 6 heteroatoms. The summed E-state index contributed by atoms with van der Waals surface area (Å²) in [5.41, 5.74) is 0.963. The van der Waals surface area contributed by atoms with Crippen molar-refractivity contribution in [3.63, 3.8) is 0 Å². The van der Waals surface area contributed by atoms with E-state index in [9.17, 15) is 4.79 Å². The number of aromatic nitrogens is 2. The van der Waals surface area contributed by atoms with Gasteiger partial charge in [0.15, 0.2) is 0 Å². The lowest BCUT2D eigenvalue weighted by atomic mass is 10.4. The number of nitrogens with zero attached hydrogens (tertiary/aromatic N) is 1. The largest absolute Gasteiger partial charge is 0.475 e. The first-order valence-electron chi connectivity index (χ1n) is 4.76. The monoisotopic (exact) mass is 221 g/mol. The van der Waals surface area contributed by atoms with E-state index in [-0.39, 0.29) is 5.76 Å². The lowest BCUT2D eigenvalue weighted by molar-refractivity contribution is 0.0660. The van der Waals surface area contributed by atoms with Crippen molar-refractivity contribution in [3.05, 3.63) is 41.6 Å². The van der Waals surface area contributed by atoms with Crippen molar-refractivity contribution in [2.24, 2.45) is 0 Å². The fourth-order valence-corrected chi connectivity index (χ4v) is 1.29. The third-order valence-corrected chi connectivity index (χ3v) is 2.05. The van der Waals surface area contributed by atoms with Crippen molar-refractivity contribution < 1.29 is 14.3 Å². The molecular formula is C10H11N3O3. The van der Waals surface area contributed by atoms with Gasteiger partial charge in [-0.1, -0.05) is 0 Å². The van der Waals surface area contributed by atoms with Gasteiger partial charge in [0.1, 0.15) is 5.76 Å². The number of H-pyrrole nitrogens is 1. The normalized spacial score (nSPS) is 10.5. The minimum Gasteiger partial charge on any atom is -0.475 e. The highest BCUT2D eigenvalue weighted by Gasteiger charge is 2.08. The molecule has 6 nitrogen and oxygen atoms in total. The van der Waals surface area contributed by atoms with Gasteiger partial charge in [0.25, 0.3) is 0 Å². The summed E-state index contributed by atoms with van der Waals surface area (Å²) < 4.78 is 5.08. The summed E-state index contributed by atoms with van der Waals surface area (Å²) in [5, 5.41) is 18.4. The second kappa shape index (κ2) is 4.63. The average molecular weight is 221 g/mol. The zero-order chi connectivity index (χ0) is 11.4. The van der Waals surface area contributed by atoms with Gasteiger partial charge in [-0.2, -0.15) is 5.10 Å². The van der Waals surface area contributed by atoms with Crippen LogP contribution in [0, 0.1) is 0 Å². The van der Waals surface area contributed by atoms with Crippen molar-refractivity contribution in [3.8, 4) is 0 Å². The highest BCUT2D eigenvalue weighted by atomic mass is 16.4. The molecule has 3 N–H and O–H groups in total. The van der Waals surface area contributed by atoms with E-state index in [0.29, 0.717) is 18.8 Å². The topological polar surface area (TPSA) is 91.1 Å². The summed E-state index contributed by atoms with van der Waals surface area (Å²) in [6, 6.07) is 4.94. The molecule has 0 aliphatic carbocycles. The number of carbonyl (C=O) groups is 1. The molecule has 0 saturated heterocycles. The second-order valence-corrected chi connectivity index (χ2v) is 3.26. The molecule has 0 spiro atoms. The highest BCUT2D eigenvalue weighted by molar-refractivity contribution is 5.84. The minimum absolute atomic E-state index is 0.0432. The third kappa shape index (κ3) is 2.48. The van der Waals surface area contributed by atoms with Crippen LogP contribution in [0.2, 0.25) is 0 Å². The second-order valence-electron chi connectivity index (χ2n) is 3.26. The molecule has 16 heavy (non-hydrogen) atoms. The van der Waals surface area contributed by atoms with Gasteiger partial charge in [0, 0.05) is 18.4 Å². The molecule has 0 fully saturated rings. The molecule has 0 radical (unpaired) electrons.